The van der Waals surface area contributed by atoms with Crippen molar-refractivity contribution in [2.75, 3.05) is 26.2 Å². The number of carboxylic acid groups (broad SMARTS) is 1. The number of carbonyl (C=O) groups is 2. The summed E-state index contributed by atoms with van der Waals surface area (Å²) in [5.41, 5.74) is 1.33. The third-order valence-corrected chi connectivity index (χ3v) is 5.58. The molecule has 0 unspecified atom stereocenters. The van der Waals surface area contributed by atoms with Gasteiger partial charge < -0.3 is 14.9 Å². The lowest BCUT2D eigenvalue weighted by molar-refractivity contribution is -0.139. The van der Waals surface area contributed by atoms with Crippen molar-refractivity contribution >= 4 is 17.7 Å². The molecule has 1 saturated heterocycles. The lowest BCUT2D eigenvalue weighted by atomic mass is 10.1. The third-order valence-electron chi connectivity index (χ3n) is 5.58. The van der Waals surface area contributed by atoms with Crippen molar-refractivity contribution in [1.29, 1.82) is 0 Å². The molecule has 0 bridgehead atoms. The highest BCUT2D eigenvalue weighted by molar-refractivity contribution is 6.00. The Morgan fingerprint density at radius 1 is 1.00 bits per heavy atom. The number of amides is 1. The molecule has 29 heavy (non-hydrogen) atoms. The van der Waals surface area contributed by atoms with Gasteiger partial charge in [-0.1, -0.05) is 24.3 Å². The molecular formula is C22H24N4O3. The predicted molar refractivity (Wildman–Crippen MR) is 109 cm³/mol. The minimum absolute atomic E-state index is 0.0308. The normalized spacial score (nSPS) is 18.4. The molecule has 2 fully saturated rings. The van der Waals surface area contributed by atoms with E-state index in [1.807, 2.05) is 59.2 Å². The van der Waals surface area contributed by atoms with E-state index >= 15 is 0 Å². The SMILES string of the molecule is Cc1ccccc1C(=O)N1CCN(C(=NC2(C(=O)O)CC2)c2ccccn2)CC1. The van der Waals surface area contributed by atoms with Crippen LogP contribution in [0.1, 0.15) is 34.5 Å². The summed E-state index contributed by atoms with van der Waals surface area (Å²) in [5.74, 6) is -0.254. The van der Waals surface area contributed by atoms with Crippen molar-refractivity contribution in [2.45, 2.75) is 25.3 Å². The Bertz CT molecular complexity index is 946. The van der Waals surface area contributed by atoms with Crippen molar-refractivity contribution < 1.29 is 14.7 Å². The molecule has 150 valence electrons. The summed E-state index contributed by atoms with van der Waals surface area (Å²) in [4.78, 5) is 37.5. The highest BCUT2D eigenvalue weighted by Gasteiger charge is 2.51. The van der Waals surface area contributed by atoms with Crippen LogP contribution in [0.5, 0.6) is 0 Å². The van der Waals surface area contributed by atoms with E-state index in [1.54, 1.807) is 6.20 Å². The van der Waals surface area contributed by atoms with Gasteiger partial charge >= 0.3 is 5.97 Å². The number of aliphatic carboxylic acids is 1. The highest BCUT2D eigenvalue weighted by Crippen LogP contribution is 2.40. The summed E-state index contributed by atoms with van der Waals surface area (Å²) in [5, 5.41) is 9.57. The topological polar surface area (TPSA) is 86.1 Å². The summed E-state index contributed by atoms with van der Waals surface area (Å²) >= 11 is 0. The molecule has 1 N–H and O–H groups in total. The molecule has 1 amide bonds. The third kappa shape index (κ3) is 3.85. The van der Waals surface area contributed by atoms with E-state index in [0.29, 0.717) is 50.6 Å². The van der Waals surface area contributed by atoms with Crippen LogP contribution in [0.3, 0.4) is 0 Å². The smallest absolute Gasteiger partial charge is 0.331 e. The fourth-order valence-corrected chi connectivity index (χ4v) is 3.58. The Kier molecular flexibility index (Phi) is 5.05. The van der Waals surface area contributed by atoms with Crippen LogP contribution in [0.25, 0.3) is 0 Å². The van der Waals surface area contributed by atoms with Crippen molar-refractivity contribution in [3.8, 4) is 0 Å². The number of piperazine rings is 1. The van der Waals surface area contributed by atoms with Crippen molar-refractivity contribution in [2.24, 2.45) is 4.99 Å². The molecule has 1 saturated carbocycles. The van der Waals surface area contributed by atoms with E-state index < -0.39 is 11.5 Å². The van der Waals surface area contributed by atoms with Gasteiger partial charge in [0.25, 0.3) is 5.91 Å². The maximum absolute atomic E-state index is 12.9. The first kappa shape index (κ1) is 19.1. The van der Waals surface area contributed by atoms with Crippen molar-refractivity contribution in [1.82, 2.24) is 14.8 Å². The van der Waals surface area contributed by atoms with Crippen LogP contribution in [0.15, 0.2) is 53.7 Å². The maximum Gasteiger partial charge on any atom is 0.331 e. The number of nitrogens with zero attached hydrogens (tertiary/aromatic N) is 4. The molecule has 4 rings (SSSR count). The second-order valence-corrected chi connectivity index (χ2v) is 7.58. The predicted octanol–water partition coefficient (Wildman–Crippen LogP) is 2.21. The van der Waals surface area contributed by atoms with Gasteiger partial charge in [-0.15, -0.1) is 0 Å². The molecule has 2 heterocycles. The van der Waals surface area contributed by atoms with Gasteiger partial charge in [-0.25, -0.2) is 9.79 Å². The largest absolute Gasteiger partial charge is 0.479 e. The molecule has 1 aliphatic carbocycles. The Morgan fingerprint density at radius 3 is 2.24 bits per heavy atom. The first-order valence-electron chi connectivity index (χ1n) is 9.85. The standard InChI is InChI=1S/C22H24N4O3/c1-16-6-2-3-7-17(16)20(27)26-14-12-25(13-15-26)19(18-8-4-5-11-23-18)24-22(9-10-22)21(28)29/h2-8,11H,9-10,12-15H2,1H3,(H,28,29). The molecule has 1 aromatic carbocycles. The monoisotopic (exact) mass is 392 g/mol. The van der Waals surface area contributed by atoms with E-state index in [0.717, 1.165) is 11.1 Å². The van der Waals surface area contributed by atoms with Crippen LogP contribution in [0.4, 0.5) is 0 Å². The molecule has 0 atom stereocenters. The average Bonchev–Trinajstić information content (AvgIpc) is 3.54. The average molecular weight is 392 g/mol. The Morgan fingerprint density at radius 2 is 1.66 bits per heavy atom. The maximum atomic E-state index is 12.9. The van der Waals surface area contributed by atoms with Gasteiger partial charge in [0.1, 0.15) is 5.69 Å². The summed E-state index contributed by atoms with van der Waals surface area (Å²) in [6, 6.07) is 13.1. The van der Waals surface area contributed by atoms with Gasteiger partial charge in [0.2, 0.25) is 0 Å². The van der Waals surface area contributed by atoms with E-state index in [2.05, 4.69) is 9.98 Å². The molecule has 2 aromatic rings. The van der Waals surface area contributed by atoms with Gasteiger partial charge in [0.15, 0.2) is 11.4 Å². The minimum Gasteiger partial charge on any atom is -0.479 e. The summed E-state index contributed by atoms with van der Waals surface area (Å²) in [6.45, 7) is 4.22. The van der Waals surface area contributed by atoms with Crippen molar-refractivity contribution in [3.05, 3.63) is 65.5 Å². The number of pyridine rings is 1. The first-order chi connectivity index (χ1) is 14.0. The van der Waals surface area contributed by atoms with Gasteiger partial charge in [-0.3, -0.25) is 9.78 Å². The Labute approximate surface area is 169 Å². The van der Waals surface area contributed by atoms with Gasteiger partial charge in [0, 0.05) is 37.9 Å². The van der Waals surface area contributed by atoms with Crippen LogP contribution in [-0.2, 0) is 4.79 Å². The Hall–Kier alpha value is -3.22. The number of aryl methyl sites for hydroxylation is 1. The zero-order chi connectivity index (χ0) is 20.4. The van der Waals surface area contributed by atoms with E-state index in [4.69, 9.17) is 0 Å². The fourth-order valence-electron chi connectivity index (χ4n) is 3.58. The number of amidine groups is 1. The van der Waals surface area contributed by atoms with Crippen LogP contribution in [0, 0.1) is 6.92 Å². The van der Waals surface area contributed by atoms with E-state index in [-0.39, 0.29) is 5.91 Å². The molecule has 0 radical (unpaired) electrons. The van der Waals surface area contributed by atoms with Crippen LogP contribution < -0.4 is 0 Å². The molecule has 1 aromatic heterocycles. The zero-order valence-electron chi connectivity index (χ0n) is 16.4. The molecule has 2 aliphatic rings. The molecule has 7 heteroatoms. The number of carboxylic acids is 1. The first-order valence-corrected chi connectivity index (χ1v) is 9.85. The molecule has 7 nitrogen and oxygen atoms in total. The second kappa shape index (κ2) is 7.66. The number of rotatable bonds is 4. The fraction of sp³-hybridized carbons (Fsp3) is 0.364. The van der Waals surface area contributed by atoms with Gasteiger partial charge in [-0.05, 0) is 43.5 Å². The number of carbonyl (C=O) groups excluding carboxylic acids is 1. The lowest BCUT2D eigenvalue weighted by Crippen LogP contribution is -2.51. The molecular weight excluding hydrogens is 368 g/mol. The second-order valence-electron chi connectivity index (χ2n) is 7.58. The quantitative estimate of drug-likeness (QED) is 0.637. The number of aliphatic imine (C=N–C) groups is 1. The Balaban J connectivity index is 1.53. The lowest BCUT2D eigenvalue weighted by Gasteiger charge is -2.37. The molecule has 1 aliphatic heterocycles. The van der Waals surface area contributed by atoms with Crippen LogP contribution in [0.2, 0.25) is 0 Å². The van der Waals surface area contributed by atoms with Crippen LogP contribution >= 0.6 is 0 Å². The number of aromatic nitrogens is 1. The number of hydrogen-bond acceptors (Lipinski definition) is 4. The molecule has 0 spiro atoms. The summed E-state index contributed by atoms with van der Waals surface area (Å²) < 4.78 is 0. The summed E-state index contributed by atoms with van der Waals surface area (Å²) in [7, 11) is 0. The number of hydrogen-bond donors (Lipinski definition) is 1. The van der Waals surface area contributed by atoms with Crippen molar-refractivity contribution in [3.63, 3.8) is 0 Å². The number of benzene rings is 1. The van der Waals surface area contributed by atoms with Gasteiger partial charge in [0.05, 0.1) is 0 Å². The zero-order valence-corrected chi connectivity index (χ0v) is 16.4. The minimum atomic E-state index is -1.03. The van der Waals surface area contributed by atoms with Gasteiger partial charge in [-0.2, -0.15) is 0 Å². The van der Waals surface area contributed by atoms with E-state index in [9.17, 15) is 14.7 Å². The van der Waals surface area contributed by atoms with Crippen LogP contribution in [-0.4, -0.2) is 69.3 Å². The summed E-state index contributed by atoms with van der Waals surface area (Å²) in [6.07, 6.45) is 2.78. The highest BCUT2D eigenvalue weighted by atomic mass is 16.4. The van der Waals surface area contributed by atoms with E-state index in [1.165, 1.54) is 0 Å².